The number of carbonyl (C=O) groups is 2. The minimum atomic E-state index is -0.799. The van der Waals surface area contributed by atoms with Crippen molar-refractivity contribution in [3.8, 4) is 0 Å². The Kier molecular flexibility index (Phi) is 6.28. The molecule has 2 aromatic heterocycles. The SMILES string of the molecule is Cn1cc(C=C(NC(=O)c2ccc([N+](=O)[O-])o2)C(=O)NCCCO)c2ccccc21. The van der Waals surface area contributed by atoms with Gasteiger partial charge in [-0.1, -0.05) is 18.2 Å². The molecule has 3 N–H and O–H groups in total. The molecule has 3 rings (SSSR count). The second-order valence-electron chi connectivity index (χ2n) is 6.45. The maximum atomic E-state index is 12.6. The molecule has 0 aliphatic rings. The van der Waals surface area contributed by atoms with Crippen molar-refractivity contribution in [2.24, 2.45) is 7.05 Å². The van der Waals surface area contributed by atoms with Gasteiger partial charge in [-0.05, 0) is 24.6 Å². The first-order valence-electron chi connectivity index (χ1n) is 9.11. The van der Waals surface area contributed by atoms with E-state index in [-0.39, 0.29) is 24.6 Å². The Labute approximate surface area is 170 Å². The Morgan fingerprint density at radius 1 is 1.27 bits per heavy atom. The van der Waals surface area contributed by atoms with Crippen LogP contribution in [0.25, 0.3) is 17.0 Å². The molecule has 3 aromatic rings. The molecule has 30 heavy (non-hydrogen) atoms. The Balaban J connectivity index is 1.93. The summed E-state index contributed by atoms with van der Waals surface area (Å²) >= 11 is 0. The fourth-order valence-electron chi connectivity index (χ4n) is 2.91. The number of carbonyl (C=O) groups excluding carboxylic acids is 2. The minimum Gasteiger partial charge on any atom is -0.396 e. The molecular formula is C20H20N4O6. The summed E-state index contributed by atoms with van der Waals surface area (Å²) in [7, 11) is 1.86. The van der Waals surface area contributed by atoms with Gasteiger partial charge in [0.05, 0.1) is 6.07 Å². The fourth-order valence-corrected chi connectivity index (χ4v) is 2.91. The summed E-state index contributed by atoms with van der Waals surface area (Å²) in [5, 5.41) is 25.6. The fraction of sp³-hybridized carbons (Fsp3) is 0.200. The number of nitrogens with zero attached hydrogens (tertiary/aromatic N) is 2. The molecule has 0 aliphatic heterocycles. The summed E-state index contributed by atoms with van der Waals surface area (Å²) in [5.41, 5.74) is 1.58. The van der Waals surface area contributed by atoms with Crippen molar-refractivity contribution >= 4 is 34.7 Å². The third kappa shape index (κ3) is 4.55. The molecule has 0 bridgehead atoms. The molecule has 0 unspecified atom stereocenters. The van der Waals surface area contributed by atoms with Gasteiger partial charge in [0.25, 0.3) is 11.8 Å². The van der Waals surface area contributed by atoms with Crippen LogP contribution in [0.1, 0.15) is 22.5 Å². The molecule has 0 atom stereocenters. The van der Waals surface area contributed by atoms with Crippen LogP contribution < -0.4 is 10.6 Å². The number of aliphatic hydroxyl groups is 1. The second-order valence-corrected chi connectivity index (χ2v) is 6.45. The average molecular weight is 412 g/mol. The zero-order valence-electron chi connectivity index (χ0n) is 16.1. The van der Waals surface area contributed by atoms with Crippen LogP contribution in [0.3, 0.4) is 0 Å². The van der Waals surface area contributed by atoms with Crippen molar-refractivity contribution in [2.45, 2.75) is 6.42 Å². The van der Waals surface area contributed by atoms with Crippen molar-refractivity contribution in [1.82, 2.24) is 15.2 Å². The summed E-state index contributed by atoms with van der Waals surface area (Å²) in [5.74, 6) is -2.24. The number of furan rings is 1. The highest BCUT2D eigenvalue weighted by Gasteiger charge is 2.21. The van der Waals surface area contributed by atoms with Crippen LogP contribution in [0, 0.1) is 10.1 Å². The van der Waals surface area contributed by atoms with E-state index >= 15 is 0 Å². The molecule has 0 radical (unpaired) electrons. The maximum Gasteiger partial charge on any atom is 0.433 e. The van der Waals surface area contributed by atoms with Gasteiger partial charge in [-0.15, -0.1) is 0 Å². The second kappa shape index (κ2) is 9.05. The summed E-state index contributed by atoms with van der Waals surface area (Å²) in [4.78, 5) is 35.1. The third-order valence-corrected chi connectivity index (χ3v) is 4.34. The molecule has 1 aromatic carbocycles. The summed E-state index contributed by atoms with van der Waals surface area (Å²) < 4.78 is 6.79. The van der Waals surface area contributed by atoms with E-state index in [2.05, 4.69) is 10.6 Å². The molecule has 0 saturated heterocycles. The van der Waals surface area contributed by atoms with E-state index in [0.717, 1.165) is 23.0 Å². The number of nitrogens with one attached hydrogen (secondary N) is 2. The number of para-hydroxylation sites is 1. The molecule has 156 valence electrons. The van der Waals surface area contributed by atoms with Gasteiger partial charge < -0.3 is 24.7 Å². The normalized spacial score (nSPS) is 11.5. The van der Waals surface area contributed by atoms with Gasteiger partial charge >= 0.3 is 5.88 Å². The third-order valence-electron chi connectivity index (χ3n) is 4.34. The standard InChI is InChI=1S/C20H20N4O6/c1-23-12-13(14-5-2-3-6-16(14)23)11-15(19(26)21-9-4-10-25)22-20(27)17-7-8-18(30-17)24(28)29/h2-3,5-8,11-12,25H,4,9-10H2,1H3,(H,21,26)(H,22,27). The number of amides is 2. The molecule has 2 heterocycles. The lowest BCUT2D eigenvalue weighted by molar-refractivity contribution is -0.402. The molecule has 0 fully saturated rings. The van der Waals surface area contributed by atoms with Gasteiger partial charge in [-0.3, -0.25) is 19.7 Å². The highest BCUT2D eigenvalue weighted by Crippen LogP contribution is 2.22. The van der Waals surface area contributed by atoms with E-state index in [0.29, 0.717) is 12.0 Å². The van der Waals surface area contributed by atoms with Gasteiger partial charge in [0, 0.05) is 42.9 Å². The van der Waals surface area contributed by atoms with E-state index in [1.165, 1.54) is 6.08 Å². The number of benzene rings is 1. The number of fused-ring (bicyclic) bond motifs is 1. The predicted molar refractivity (Wildman–Crippen MR) is 108 cm³/mol. The number of hydrogen-bond donors (Lipinski definition) is 3. The van der Waals surface area contributed by atoms with Gasteiger partial charge in [-0.25, -0.2) is 0 Å². The Morgan fingerprint density at radius 3 is 2.73 bits per heavy atom. The minimum absolute atomic E-state index is 0.0617. The quantitative estimate of drug-likeness (QED) is 0.224. The molecule has 10 nitrogen and oxygen atoms in total. The molecule has 0 saturated carbocycles. The van der Waals surface area contributed by atoms with Crippen LogP contribution in [0.4, 0.5) is 5.88 Å². The Morgan fingerprint density at radius 2 is 2.03 bits per heavy atom. The van der Waals surface area contributed by atoms with Crippen molar-refractivity contribution in [3.63, 3.8) is 0 Å². The van der Waals surface area contributed by atoms with Crippen molar-refractivity contribution < 1.29 is 24.0 Å². The van der Waals surface area contributed by atoms with Gasteiger partial charge in [0.2, 0.25) is 0 Å². The molecule has 0 aliphatic carbocycles. The lowest BCUT2D eigenvalue weighted by atomic mass is 10.1. The highest BCUT2D eigenvalue weighted by atomic mass is 16.6. The van der Waals surface area contributed by atoms with E-state index < -0.39 is 22.6 Å². The van der Waals surface area contributed by atoms with E-state index in [1.807, 2.05) is 42.1 Å². The van der Waals surface area contributed by atoms with Gasteiger partial charge in [0.1, 0.15) is 10.6 Å². The maximum absolute atomic E-state index is 12.6. The number of aliphatic hydroxyl groups excluding tert-OH is 1. The van der Waals surface area contributed by atoms with Crippen LogP contribution in [-0.2, 0) is 11.8 Å². The summed E-state index contributed by atoms with van der Waals surface area (Å²) in [6, 6.07) is 9.79. The molecule has 2 amide bonds. The number of aryl methyl sites for hydroxylation is 1. The van der Waals surface area contributed by atoms with E-state index in [1.54, 1.807) is 0 Å². The van der Waals surface area contributed by atoms with Crippen molar-refractivity contribution in [2.75, 3.05) is 13.2 Å². The smallest absolute Gasteiger partial charge is 0.396 e. The van der Waals surface area contributed by atoms with E-state index in [4.69, 9.17) is 9.52 Å². The Hall–Kier alpha value is -3.92. The first-order chi connectivity index (χ1) is 14.4. The van der Waals surface area contributed by atoms with Crippen LogP contribution in [-0.4, -0.2) is 39.6 Å². The van der Waals surface area contributed by atoms with Crippen molar-refractivity contribution in [1.29, 1.82) is 0 Å². The average Bonchev–Trinajstić information content (AvgIpc) is 3.34. The number of hydrogen-bond acceptors (Lipinski definition) is 6. The monoisotopic (exact) mass is 412 g/mol. The predicted octanol–water partition coefficient (Wildman–Crippen LogP) is 1.95. The molecule has 0 spiro atoms. The zero-order chi connectivity index (χ0) is 21.7. The lowest BCUT2D eigenvalue weighted by Gasteiger charge is -2.09. The number of aromatic nitrogens is 1. The van der Waals surface area contributed by atoms with Crippen molar-refractivity contribution in [3.05, 3.63) is 69.7 Å². The first kappa shape index (κ1) is 20.8. The van der Waals surface area contributed by atoms with Crippen LogP contribution in [0.2, 0.25) is 0 Å². The molecule has 10 heteroatoms. The lowest BCUT2D eigenvalue weighted by Crippen LogP contribution is -2.35. The van der Waals surface area contributed by atoms with Crippen LogP contribution in [0.5, 0.6) is 0 Å². The largest absolute Gasteiger partial charge is 0.433 e. The summed E-state index contributed by atoms with van der Waals surface area (Å²) in [6.45, 7) is 0.120. The summed E-state index contributed by atoms with van der Waals surface area (Å²) in [6.07, 6.45) is 3.69. The topological polar surface area (TPSA) is 140 Å². The first-order valence-corrected chi connectivity index (χ1v) is 9.11. The van der Waals surface area contributed by atoms with E-state index in [9.17, 15) is 19.7 Å². The van der Waals surface area contributed by atoms with Gasteiger partial charge in [-0.2, -0.15) is 0 Å². The zero-order valence-corrected chi connectivity index (χ0v) is 16.1. The highest BCUT2D eigenvalue weighted by molar-refractivity contribution is 6.06. The molecular weight excluding hydrogens is 392 g/mol. The Bertz CT molecular complexity index is 1130. The van der Waals surface area contributed by atoms with Crippen LogP contribution >= 0.6 is 0 Å². The number of rotatable bonds is 8. The van der Waals surface area contributed by atoms with Gasteiger partial charge in [0.15, 0.2) is 5.76 Å². The number of nitro groups is 1. The van der Waals surface area contributed by atoms with Crippen LogP contribution in [0.15, 0.2) is 52.7 Å².